The van der Waals surface area contributed by atoms with Crippen LogP contribution in [0.15, 0.2) is 22.2 Å². The monoisotopic (exact) mass is 420 g/mol. The molecule has 0 spiro atoms. The number of rotatable bonds is 4. The van der Waals surface area contributed by atoms with E-state index in [4.69, 9.17) is 17.3 Å². The highest BCUT2D eigenvalue weighted by Gasteiger charge is 2.34. The number of thioether (sulfide) groups is 2. The fourth-order valence-electron chi connectivity index (χ4n) is 2.55. The van der Waals surface area contributed by atoms with Crippen molar-refractivity contribution in [3.63, 3.8) is 0 Å². The number of nitrogens with two attached hydrogens (primary N) is 1. The summed E-state index contributed by atoms with van der Waals surface area (Å²) in [6, 6.07) is 2.76. The van der Waals surface area contributed by atoms with Crippen molar-refractivity contribution >= 4 is 40.9 Å². The first-order valence-corrected chi connectivity index (χ1v) is 10.1. The standard InChI is InChI=1S/C16H16ClF3N4S2/c1-15(2)7-26-12-9(15)5-8(22-13(12)17)3-4-25-14-23-10(16(18,19)20)6-11(21)24-14/h5-6H,3-4,7H2,1-2H3,(H2,21,23,24). The van der Waals surface area contributed by atoms with Crippen LogP contribution in [-0.2, 0) is 18.0 Å². The molecule has 4 nitrogen and oxygen atoms in total. The predicted octanol–water partition coefficient (Wildman–Crippen LogP) is 4.84. The molecule has 0 unspecified atom stereocenters. The Labute approximate surface area is 162 Å². The Bertz CT molecular complexity index is 843. The van der Waals surface area contributed by atoms with Crippen molar-refractivity contribution in [2.24, 2.45) is 0 Å². The maximum absolute atomic E-state index is 12.8. The van der Waals surface area contributed by atoms with E-state index in [1.165, 1.54) is 5.56 Å². The second-order valence-electron chi connectivity index (χ2n) is 6.51. The Hall–Kier alpha value is -1.19. The molecule has 0 aliphatic carbocycles. The Morgan fingerprint density at radius 2 is 2.00 bits per heavy atom. The van der Waals surface area contributed by atoms with E-state index in [1.54, 1.807) is 11.8 Å². The molecule has 3 heterocycles. The van der Waals surface area contributed by atoms with Gasteiger partial charge >= 0.3 is 6.18 Å². The maximum atomic E-state index is 12.8. The van der Waals surface area contributed by atoms with Gasteiger partial charge in [-0.15, -0.1) is 11.8 Å². The van der Waals surface area contributed by atoms with Gasteiger partial charge in [0, 0.05) is 33.6 Å². The van der Waals surface area contributed by atoms with Gasteiger partial charge in [-0.25, -0.2) is 15.0 Å². The van der Waals surface area contributed by atoms with E-state index in [-0.39, 0.29) is 16.4 Å². The first-order valence-electron chi connectivity index (χ1n) is 7.73. The molecule has 0 atom stereocenters. The minimum atomic E-state index is -4.55. The minimum absolute atomic E-state index is 0.000433. The fourth-order valence-corrected chi connectivity index (χ4v) is 5.07. The van der Waals surface area contributed by atoms with Gasteiger partial charge < -0.3 is 5.73 Å². The third kappa shape index (κ3) is 4.20. The van der Waals surface area contributed by atoms with E-state index in [0.29, 0.717) is 17.3 Å². The van der Waals surface area contributed by atoms with Crippen LogP contribution in [0, 0.1) is 0 Å². The molecule has 2 aromatic rings. The van der Waals surface area contributed by atoms with Crippen molar-refractivity contribution in [2.75, 3.05) is 17.2 Å². The number of nitrogen functional groups attached to an aromatic ring is 1. The topological polar surface area (TPSA) is 64.7 Å². The van der Waals surface area contributed by atoms with Crippen LogP contribution in [0.1, 0.15) is 30.8 Å². The lowest BCUT2D eigenvalue weighted by molar-refractivity contribution is -0.141. The Balaban J connectivity index is 1.72. The maximum Gasteiger partial charge on any atom is 0.433 e. The van der Waals surface area contributed by atoms with Gasteiger partial charge in [-0.1, -0.05) is 37.2 Å². The van der Waals surface area contributed by atoms with E-state index < -0.39 is 11.9 Å². The van der Waals surface area contributed by atoms with E-state index in [2.05, 4.69) is 28.8 Å². The molecule has 1 aliphatic rings. The first kappa shape index (κ1) is 19.6. The van der Waals surface area contributed by atoms with E-state index in [1.807, 2.05) is 6.07 Å². The van der Waals surface area contributed by atoms with Crippen molar-refractivity contribution in [3.8, 4) is 0 Å². The van der Waals surface area contributed by atoms with Gasteiger partial charge in [0.15, 0.2) is 10.9 Å². The summed E-state index contributed by atoms with van der Waals surface area (Å²) in [5.74, 6) is 1.21. The third-order valence-electron chi connectivity index (χ3n) is 3.90. The lowest BCUT2D eigenvalue weighted by Crippen LogP contribution is -2.16. The van der Waals surface area contributed by atoms with E-state index in [0.717, 1.165) is 34.2 Å². The Morgan fingerprint density at radius 1 is 1.27 bits per heavy atom. The molecule has 2 aromatic heterocycles. The summed E-state index contributed by atoms with van der Waals surface area (Å²) in [7, 11) is 0. The summed E-state index contributed by atoms with van der Waals surface area (Å²) in [4.78, 5) is 12.8. The number of fused-ring (bicyclic) bond motifs is 1. The average molecular weight is 421 g/mol. The number of halogens is 4. The third-order valence-corrected chi connectivity index (χ3v) is 6.70. The van der Waals surface area contributed by atoms with Gasteiger partial charge in [-0.2, -0.15) is 13.2 Å². The molecule has 0 bridgehead atoms. The number of hydrogen-bond donors (Lipinski definition) is 1. The van der Waals surface area contributed by atoms with Gasteiger partial charge in [0.1, 0.15) is 11.0 Å². The zero-order chi connectivity index (χ0) is 19.1. The highest BCUT2D eigenvalue weighted by atomic mass is 35.5. The number of aromatic nitrogens is 3. The highest BCUT2D eigenvalue weighted by molar-refractivity contribution is 7.99. The normalized spacial score (nSPS) is 15.9. The van der Waals surface area contributed by atoms with Crippen LogP contribution in [0.3, 0.4) is 0 Å². The van der Waals surface area contributed by atoms with Crippen LogP contribution < -0.4 is 5.73 Å². The second kappa shape index (κ2) is 7.09. The Morgan fingerprint density at radius 3 is 2.69 bits per heavy atom. The van der Waals surface area contributed by atoms with Crippen molar-refractivity contribution in [1.82, 2.24) is 15.0 Å². The van der Waals surface area contributed by atoms with Crippen LogP contribution in [0.25, 0.3) is 0 Å². The molecule has 26 heavy (non-hydrogen) atoms. The molecule has 0 aromatic carbocycles. The van der Waals surface area contributed by atoms with Crippen LogP contribution in [0.2, 0.25) is 5.15 Å². The number of nitrogens with zero attached hydrogens (tertiary/aromatic N) is 3. The van der Waals surface area contributed by atoms with E-state index >= 15 is 0 Å². The predicted molar refractivity (Wildman–Crippen MR) is 98.9 cm³/mol. The SMILES string of the molecule is CC1(C)CSc2c1cc(CCSc1nc(N)cc(C(F)(F)F)n1)nc2Cl. The summed E-state index contributed by atoms with van der Waals surface area (Å²) in [5, 5.41) is 0.484. The van der Waals surface area contributed by atoms with Gasteiger partial charge in [-0.05, 0) is 18.1 Å². The number of hydrogen-bond acceptors (Lipinski definition) is 6. The smallest absolute Gasteiger partial charge is 0.384 e. The van der Waals surface area contributed by atoms with Crippen LogP contribution in [0.5, 0.6) is 0 Å². The number of alkyl halides is 3. The van der Waals surface area contributed by atoms with Gasteiger partial charge in [0.25, 0.3) is 0 Å². The van der Waals surface area contributed by atoms with Crippen LogP contribution in [-0.4, -0.2) is 26.5 Å². The number of aryl methyl sites for hydroxylation is 1. The molecule has 140 valence electrons. The van der Waals surface area contributed by atoms with Gasteiger partial charge in [-0.3, -0.25) is 0 Å². The zero-order valence-corrected chi connectivity index (χ0v) is 16.4. The largest absolute Gasteiger partial charge is 0.433 e. The molecule has 1 aliphatic heterocycles. The first-order chi connectivity index (χ1) is 12.1. The molecular formula is C16H16ClF3N4S2. The molecule has 0 amide bonds. The lowest BCUT2D eigenvalue weighted by Gasteiger charge is -2.18. The molecule has 0 radical (unpaired) electrons. The lowest BCUT2D eigenvalue weighted by atomic mass is 9.87. The highest BCUT2D eigenvalue weighted by Crippen LogP contribution is 2.46. The number of pyridine rings is 1. The zero-order valence-electron chi connectivity index (χ0n) is 14.0. The average Bonchev–Trinajstić information content (AvgIpc) is 2.82. The van der Waals surface area contributed by atoms with Crippen molar-refractivity contribution in [1.29, 1.82) is 0 Å². The summed E-state index contributed by atoms with van der Waals surface area (Å²) < 4.78 is 38.4. The second-order valence-corrected chi connectivity index (χ2v) is 8.92. The molecule has 2 N–H and O–H groups in total. The van der Waals surface area contributed by atoms with Crippen molar-refractivity contribution < 1.29 is 13.2 Å². The summed E-state index contributed by atoms with van der Waals surface area (Å²) >= 11 is 9.09. The quantitative estimate of drug-likeness (QED) is 0.433. The van der Waals surface area contributed by atoms with Gasteiger partial charge in [0.2, 0.25) is 0 Å². The summed E-state index contributed by atoms with van der Waals surface area (Å²) in [6.07, 6.45) is -4.01. The van der Waals surface area contributed by atoms with Crippen LogP contribution >= 0.6 is 35.1 Å². The van der Waals surface area contributed by atoms with Crippen LogP contribution in [0.4, 0.5) is 19.0 Å². The molecular weight excluding hydrogens is 405 g/mol. The van der Waals surface area contributed by atoms with Gasteiger partial charge in [0.05, 0.1) is 0 Å². The van der Waals surface area contributed by atoms with Crippen molar-refractivity contribution in [3.05, 3.63) is 34.2 Å². The molecule has 10 heteroatoms. The molecule has 3 rings (SSSR count). The van der Waals surface area contributed by atoms with Crippen molar-refractivity contribution in [2.45, 2.75) is 41.9 Å². The molecule has 0 saturated heterocycles. The fraction of sp³-hybridized carbons (Fsp3) is 0.438. The number of anilines is 1. The Kier molecular flexibility index (Phi) is 5.33. The summed E-state index contributed by atoms with van der Waals surface area (Å²) in [6.45, 7) is 4.31. The minimum Gasteiger partial charge on any atom is -0.384 e. The molecule has 0 saturated carbocycles. The summed E-state index contributed by atoms with van der Waals surface area (Å²) in [5.41, 5.74) is 6.41. The molecule has 0 fully saturated rings. The van der Waals surface area contributed by atoms with E-state index in [9.17, 15) is 13.2 Å².